The molecular formula is C15H16N2O4S. The van der Waals surface area contributed by atoms with Crippen LogP contribution in [0.1, 0.15) is 22.8 Å². The molecule has 1 atom stereocenters. The van der Waals surface area contributed by atoms with Crippen molar-refractivity contribution < 1.29 is 14.8 Å². The van der Waals surface area contributed by atoms with Gasteiger partial charge in [-0.25, -0.2) is 0 Å². The van der Waals surface area contributed by atoms with Crippen LogP contribution >= 0.6 is 11.3 Å². The van der Waals surface area contributed by atoms with Crippen molar-refractivity contribution in [3.8, 4) is 5.75 Å². The molecule has 0 saturated heterocycles. The van der Waals surface area contributed by atoms with Gasteiger partial charge in [-0.2, -0.15) is 11.3 Å². The number of hydrogen-bond acceptors (Lipinski definition) is 5. The zero-order valence-electron chi connectivity index (χ0n) is 12.2. The lowest BCUT2D eigenvalue weighted by molar-refractivity contribution is -0.385. The lowest BCUT2D eigenvalue weighted by atomic mass is 10.1. The Morgan fingerprint density at radius 2 is 2.18 bits per heavy atom. The van der Waals surface area contributed by atoms with E-state index in [2.05, 4.69) is 0 Å². The second-order valence-electron chi connectivity index (χ2n) is 5.06. The number of nitrogens with zero attached hydrogens (tertiary/aromatic N) is 2. The van der Waals surface area contributed by atoms with Gasteiger partial charge in [0.1, 0.15) is 0 Å². The highest BCUT2D eigenvalue weighted by Crippen LogP contribution is 2.27. The number of aromatic hydroxyl groups is 1. The van der Waals surface area contributed by atoms with E-state index in [0.29, 0.717) is 0 Å². The van der Waals surface area contributed by atoms with E-state index in [9.17, 15) is 20.0 Å². The van der Waals surface area contributed by atoms with Crippen molar-refractivity contribution in [2.45, 2.75) is 19.4 Å². The van der Waals surface area contributed by atoms with Crippen LogP contribution in [0.5, 0.6) is 5.75 Å². The van der Waals surface area contributed by atoms with Gasteiger partial charge in [0.25, 0.3) is 5.91 Å². The smallest absolute Gasteiger partial charge is 0.310 e. The summed E-state index contributed by atoms with van der Waals surface area (Å²) in [5.41, 5.74) is 0.969. The molecule has 0 aliphatic rings. The van der Waals surface area contributed by atoms with Crippen LogP contribution in [0.25, 0.3) is 0 Å². The largest absolute Gasteiger partial charge is 0.502 e. The first-order valence-electron chi connectivity index (χ1n) is 6.65. The number of amides is 1. The Morgan fingerprint density at radius 3 is 2.73 bits per heavy atom. The van der Waals surface area contributed by atoms with Gasteiger partial charge in [-0.1, -0.05) is 0 Å². The first kappa shape index (κ1) is 16.0. The minimum Gasteiger partial charge on any atom is -0.502 e. The lowest BCUT2D eigenvalue weighted by Crippen LogP contribution is -2.36. The predicted octanol–water partition coefficient (Wildman–Crippen LogP) is 3.07. The fourth-order valence-corrected chi connectivity index (χ4v) is 2.78. The van der Waals surface area contributed by atoms with Crippen LogP contribution in [0.3, 0.4) is 0 Å². The summed E-state index contributed by atoms with van der Waals surface area (Å²) in [6.45, 7) is 1.93. The number of hydrogen-bond donors (Lipinski definition) is 1. The van der Waals surface area contributed by atoms with E-state index >= 15 is 0 Å². The molecule has 0 aliphatic heterocycles. The predicted molar refractivity (Wildman–Crippen MR) is 84.3 cm³/mol. The van der Waals surface area contributed by atoms with Gasteiger partial charge in [-0.3, -0.25) is 14.9 Å². The number of thiophene rings is 1. The van der Waals surface area contributed by atoms with Gasteiger partial charge in [0, 0.05) is 24.7 Å². The molecule has 1 aromatic heterocycles. The van der Waals surface area contributed by atoms with Crippen LogP contribution in [0.15, 0.2) is 35.0 Å². The third kappa shape index (κ3) is 3.43. The molecule has 0 unspecified atom stereocenters. The average molecular weight is 320 g/mol. The van der Waals surface area contributed by atoms with E-state index in [4.69, 9.17) is 0 Å². The van der Waals surface area contributed by atoms with Crippen LogP contribution in [-0.4, -0.2) is 33.9 Å². The van der Waals surface area contributed by atoms with Gasteiger partial charge < -0.3 is 10.0 Å². The molecule has 0 fully saturated rings. The molecule has 7 heteroatoms. The molecule has 0 radical (unpaired) electrons. The molecular weight excluding hydrogens is 304 g/mol. The van der Waals surface area contributed by atoms with Crippen LogP contribution in [0.4, 0.5) is 5.69 Å². The van der Waals surface area contributed by atoms with Crippen LogP contribution in [-0.2, 0) is 6.42 Å². The van der Waals surface area contributed by atoms with Crippen molar-refractivity contribution in [3.05, 3.63) is 56.3 Å². The molecule has 6 nitrogen and oxygen atoms in total. The molecule has 2 aromatic rings. The van der Waals surface area contributed by atoms with Gasteiger partial charge in [0.05, 0.1) is 4.92 Å². The normalized spacial score (nSPS) is 11.9. The van der Waals surface area contributed by atoms with E-state index in [1.54, 1.807) is 23.3 Å². The standard InChI is InChI=1S/C15H16N2O4S/c1-10(7-11-5-6-22-9-11)16(2)15(19)12-3-4-13(17(20)21)14(18)8-12/h3-6,8-10,18H,7H2,1-2H3/t10-/m0/s1. The summed E-state index contributed by atoms with van der Waals surface area (Å²) in [7, 11) is 1.68. The second-order valence-corrected chi connectivity index (χ2v) is 5.84. The summed E-state index contributed by atoms with van der Waals surface area (Å²) in [5, 5.41) is 24.3. The van der Waals surface area contributed by atoms with Gasteiger partial charge >= 0.3 is 5.69 Å². The van der Waals surface area contributed by atoms with Gasteiger partial charge in [0.15, 0.2) is 5.75 Å². The number of nitro benzene ring substituents is 1. The number of phenols is 1. The monoisotopic (exact) mass is 320 g/mol. The fourth-order valence-electron chi connectivity index (χ4n) is 2.10. The first-order chi connectivity index (χ1) is 10.4. The number of phenolic OH excluding ortho intramolecular Hbond substituents is 1. The maximum atomic E-state index is 12.4. The molecule has 1 amide bonds. The molecule has 22 heavy (non-hydrogen) atoms. The highest BCUT2D eigenvalue weighted by molar-refractivity contribution is 7.07. The molecule has 0 saturated carbocycles. The zero-order valence-corrected chi connectivity index (χ0v) is 13.0. The maximum Gasteiger partial charge on any atom is 0.310 e. The summed E-state index contributed by atoms with van der Waals surface area (Å²) in [5.74, 6) is -0.789. The molecule has 0 bridgehead atoms. The summed E-state index contributed by atoms with van der Waals surface area (Å²) < 4.78 is 0. The Bertz CT molecular complexity index is 685. The summed E-state index contributed by atoms with van der Waals surface area (Å²) in [4.78, 5) is 23.9. The number of benzene rings is 1. The number of nitro groups is 1. The second kappa shape index (κ2) is 6.57. The van der Waals surface area contributed by atoms with Crippen molar-refractivity contribution in [3.63, 3.8) is 0 Å². The van der Waals surface area contributed by atoms with Crippen molar-refractivity contribution in [2.75, 3.05) is 7.05 Å². The molecule has 116 valence electrons. The molecule has 0 aliphatic carbocycles. The van der Waals surface area contributed by atoms with E-state index in [-0.39, 0.29) is 17.5 Å². The SMILES string of the molecule is C[C@@H](Cc1ccsc1)N(C)C(=O)c1ccc([N+](=O)[O-])c(O)c1. The summed E-state index contributed by atoms with van der Waals surface area (Å²) >= 11 is 1.60. The first-order valence-corrected chi connectivity index (χ1v) is 7.60. The van der Waals surface area contributed by atoms with E-state index in [1.807, 2.05) is 23.8 Å². The fraction of sp³-hybridized carbons (Fsp3) is 0.267. The zero-order chi connectivity index (χ0) is 16.3. The highest BCUT2D eigenvalue weighted by atomic mass is 32.1. The van der Waals surface area contributed by atoms with Gasteiger partial charge in [0.2, 0.25) is 0 Å². The number of carbonyl (C=O) groups excluding carboxylic acids is 1. The van der Waals surface area contributed by atoms with Gasteiger partial charge in [-0.15, -0.1) is 0 Å². The quantitative estimate of drug-likeness (QED) is 0.678. The van der Waals surface area contributed by atoms with Gasteiger partial charge in [-0.05, 0) is 47.9 Å². The lowest BCUT2D eigenvalue weighted by Gasteiger charge is -2.25. The molecule has 1 heterocycles. The van der Waals surface area contributed by atoms with Crippen LogP contribution in [0.2, 0.25) is 0 Å². The average Bonchev–Trinajstić information content (AvgIpc) is 2.98. The molecule has 1 aromatic carbocycles. The van der Waals surface area contributed by atoms with E-state index in [0.717, 1.165) is 24.1 Å². The van der Waals surface area contributed by atoms with Crippen molar-refractivity contribution in [1.82, 2.24) is 4.90 Å². The molecule has 1 N–H and O–H groups in total. The van der Waals surface area contributed by atoms with Crippen LogP contribution < -0.4 is 0 Å². The minimum atomic E-state index is -0.688. The van der Waals surface area contributed by atoms with E-state index < -0.39 is 16.4 Å². The Kier molecular flexibility index (Phi) is 4.77. The van der Waals surface area contributed by atoms with Crippen molar-refractivity contribution >= 4 is 22.9 Å². The topological polar surface area (TPSA) is 83.7 Å². The third-order valence-corrected chi connectivity index (χ3v) is 4.24. The summed E-state index contributed by atoms with van der Waals surface area (Å²) in [6.07, 6.45) is 0.727. The number of carbonyl (C=O) groups is 1. The van der Waals surface area contributed by atoms with Crippen molar-refractivity contribution in [1.29, 1.82) is 0 Å². The Labute approximate surface area is 131 Å². The Balaban J connectivity index is 2.13. The molecule has 0 spiro atoms. The number of rotatable bonds is 5. The number of likely N-dealkylation sites (N-methyl/N-ethyl adjacent to an activating group) is 1. The maximum absolute atomic E-state index is 12.4. The summed E-state index contributed by atoms with van der Waals surface area (Å²) in [6, 6.07) is 5.61. The molecule has 2 rings (SSSR count). The van der Waals surface area contributed by atoms with E-state index in [1.165, 1.54) is 6.07 Å². The Morgan fingerprint density at radius 1 is 1.45 bits per heavy atom. The van der Waals surface area contributed by atoms with Crippen molar-refractivity contribution in [2.24, 2.45) is 0 Å². The third-order valence-electron chi connectivity index (χ3n) is 3.51. The minimum absolute atomic E-state index is 0.0283. The highest BCUT2D eigenvalue weighted by Gasteiger charge is 2.21. The Hall–Kier alpha value is -2.41. The van der Waals surface area contributed by atoms with Crippen LogP contribution in [0, 0.1) is 10.1 Å².